The van der Waals surface area contributed by atoms with Crippen LogP contribution < -0.4 is 20.1 Å². The molecule has 27 heavy (non-hydrogen) atoms. The predicted molar refractivity (Wildman–Crippen MR) is 109 cm³/mol. The van der Waals surface area contributed by atoms with Crippen LogP contribution in [-0.4, -0.2) is 36.8 Å². The third-order valence-electron chi connectivity index (χ3n) is 4.51. The first-order valence-electron chi connectivity index (χ1n) is 9.59. The molecule has 0 unspecified atom stereocenters. The summed E-state index contributed by atoms with van der Waals surface area (Å²) >= 11 is 0. The van der Waals surface area contributed by atoms with Gasteiger partial charge in [-0.05, 0) is 62.4 Å². The first-order chi connectivity index (χ1) is 13.3. The molecule has 1 aliphatic carbocycles. The number of nitrogens with one attached hydrogen (secondary N) is 2. The molecule has 6 heteroatoms. The van der Waals surface area contributed by atoms with Gasteiger partial charge >= 0.3 is 0 Å². The average Bonchev–Trinajstić information content (AvgIpc) is 2.73. The number of benzene rings is 1. The largest absolute Gasteiger partial charge is 0.497 e. The molecule has 2 aromatic rings. The van der Waals surface area contributed by atoms with Crippen molar-refractivity contribution in [3.8, 4) is 11.5 Å². The standard InChI is InChI=1S/C21H28N4O2/c1-26-18-7-9-19(10-8-18)27-16-15-22-20-12-14-24-21(25-20)23-13-11-17-5-3-2-4-6-17/h5,7-10,12,14H,2-4,6,11,13,15-16H2,1H3,(H2,22,23,24,25). The van der Waals surface area contributed by atoms with Gasteiger partial charge < -0.3 is 20.1 Å². The van der Waals surface area contributed by atoms with Crippen molar-refractivity contribution in [2.45, 2.75) is 32.1 Å². The van der Waals surface area contributed by atoms with E-state index in [1.54, 1.807) is 18.9 Å². The molecule has 1 heterocycles. The predicted octanol–water partition coefficient (Wildman–Crippen LogP) is 4.28. The lowest BCUT2D eigenvalue weighted by atomic mass is 9.97. The topological polar surface area (TPSA) is 68.3 Å². The summed E-state index contributed by atoms with van der Waals surface area (Å²) in [4.78, 5) is 8.79. The Labute approximate surface area is 161 Å². The third-order valence-corrected chi connectivity index (χ3v) is 4.51. The normalized spacial score (nSPS) is 13.6. The van der Waals surface area contributed by atoms with Crippen molar-refractivity contribution in [3.63, 3.8) is 0 Å². The monoisotopic (exact) mass is 368 g/mol. The Morgan fingerprint density at radius 2 is 1.85 bits per heavy atom. The summed E-state index contributed by atoms with van der Waals surface area (Å²) in [7, 11) is 1.65. The van der Waals surface area contributed by atoms with Gasteiger partial charge in [-0.25, -0.2) is 4.98 Å². The smallest absolute Gasteiger partial charge is 0.224 e. The number of anilines is 2. The second kappa shape index (κ2) is 10.4. The van der Waals surface area contributed by atoms with Crippen LogP contribution >= 0.6 is 0 Å². The van der Waals surface area contributed by atoms with Gasteiger partial charge in [-0.3, -0.25) is 0 Å². The number of ether oxygens (including phenoxy) is 2. The van der Waals surface area contributed by atoms with E-state index in [1.165, 1.54) is 25.7 Å². The van der Waals surface area contributed by atoms with Crippen LogP contribution in [0.3, 0.4) is 0 Å². The molecule has 0 spiro atoms. The molecular formula is C21H28N4O2. The Hall–Kier alpha value is -2.76. The lowest BCUT2D eigenvalue weighted by molar-refractivity contribution is 0.331. The van der Waals surface area contributed by atoms with Crippen molar-refractivity contribution in [1.82, 2.24) is 9.97 Å². The number of hydrogen-bond donors (Lipinski definition) is 2. The highest BCUT2D eigenvalue weighted by atomic mass is 16.5. The van der Waals surface area contributed by atoms with Gasteiger partial charge in [0.25, 0.3) is 0 Å². The van der Waals surface area contributed by atoms with E-state index >= 15 is 0 Å². The first-order valence-corrected chi connectivity index (χ1v) is 9.59. The Kier molecular flexibility index (Phi) is 7.33. The van der Waals surface area contributed by atoms with Crippen molar-refractivity contribution < 1.29 is 9.47 Å². The highest BCUT2D eigenvalue weighted by Gasteiger charge is 2.04. The van der Waals surface area contributed by atoms with E-state index in [1.807, 2.05) is 30.3 Å². The van der Waals surface area contributed by atoms with Crippen molar-refractivity contribution in [1.29, 1.82) is 0 Å². The van der Waals surface area contributed by atoms with Crippen LogP contribution in [0.1, 0.15) is 32.1 Å². The lowest BCUT2D eigenvalue weighted by Gasteiger charge is -2.13. The highest BCUT2D eigenvalue weighted by Crippen LogP contribution is 2.20. The molecule has 3 rings (SSSR count). The minimum absolute atomic E-state index is 0.549. The maximum atomic E-state index is 5.71. The molecule has 0 saturated heterocycles. The molecule has 0 saturated carbocycles. The van der Waals surface area contributed by atoms with Gasteiger partial charge in [0.15, 0.2) is 0 Å². The van der Waals surface area contributed by atoms with Crippen LogP contribution in [0.2, 0.25) is 0 Å². The van der Waals surface area contributed by atoms with E-state index in [9.17, 15) is 0 Å². The molecule has 144 valence electrons. The maximum Gasteiger partial charge on any atom is 0.224 e. The molecule has 0 radical (unpaired) electrons. The molecule has 1 aromatic carbocycles. The van der Waals surface area contributed by atoms with Gasteiger partial charge in [0, 0.05) is 12.7 Å². The van der Waals surface area contributed by atoms with Crippen LogP contribution in [0.15, 0.2) is 48.2 Å². The number of methoxy groups -OCH3 is 1. The molecule has 0 aliphatic heterocycles. The Morgan fingerprint density at radius 1 is 1.00 bits per heavy atom. The van der Waals surface area contributed by atoms with E-state index in [2.05, 4.69) is 26.7 Å². The van der Waals surface area contributed by atoms with Gasteiger partial charge in [-0.15, -0.1) is 0 Å². The van der Waals surface area contributed by atoms with E-state index in [4.69, 9.17) is 9.47 Å². The summed E-state index contributed by atoms with van der Waals surface area (Å²) in [5, 5.41) is 6.58. The number of nitrogens with zero attached hydrogens (tertiary/aromatic N) is 2. The van der Waals surface area contributed by atoms with Crippen LogP contribution in [0.25, 0.3) is 0 Å². The zero-order valence-electron chi connectivity index (χ0n) is 15.9. The molecular weight excluding hydrogens is 340 g/mol. The van der Waals surface area contributed by atoms with E-state index in [-0.39, 0.29) is 0 Å². The summed E-state index contributed by atoms with van der Waals surface area (Å²) in [6.45, 7) is 2.08. The fourth-order valence-electron chi connectivity index (χ4n) is 3.03. The summed E-state index contributed by atoms with van der Waals surface area (Å²) < 4.78 is 10.8. The number of rotatable bonds is 10. The van der Waals surface area contributed by atoms with Crippen LogP contribution in [-0.2, 0) is 0 Å². The van der Waals surface area contributed by atoms with Crippen LogP contribution in [0.5, 0.6) is 11.5 Å². The van der Waals surface area contributed by atoms with Gasteiger partial charge in [0.1, 0.15) is 23.9 Å². The molecule has 0 amide bonds. The quantitative estimate of drug-likeness (QED) is 0.482. The summed E-state index contributed by atoms with van der Waals surface area (Å²) in [5.74, 6) is 3.09. The van der Waals surface area contributed by atoms with Gasteiger partial charge in [0.2, 0.25) is 5.95 Å². The number of allylic oxidation sites excluding steroid dienone is 1. The summed E-state index contributed by atoms with van der Waals surface area (Å²) in [6, 6.07) is 9.42. The lowest BCUT2D eigenvalue weighted by Crippen LogP contribution is -2.13. The third kappa shape index (κ3) is 6.47. The SMILES string of the molecule is COc1ccc(OCCNc2ccnc(NCCC3=CCCCC3)n2)cc1. The molecule has 0 atom stereocenters. The zero-order chi connectivity index (χ0) is 18.7. The Bertz CT molecular complexity index is 731. The average molecular weight is 368 g/mol. The van der Waals surface area contributed by atoms with Crippen LogP contribution in [0, 0.1) is 0 Å². The molecule has 1 aliphatic rings. The van der Waals surface area contributed by atoms with Crippen molar-refractivity contribution in [2.24, 2.45) is 0 Å². The maximum absolute atomic E-state index is 5.71. The van der Waals surface area contributed by atoms with Crippen molar-refractivity contribution in [3.05, 3.63) is 48.2 Å². The van der Waals surface area contributed by atoms with Crippen LogP contribution in [0.4, 0.5) is 11.8 Å². The second-order valence-electron chi connectivity index (χ2n) is 6.50. The Balaban J connectivity index is 1.37. The summed E-state index contributed by atoms with van der Waals surface area (Å²) in [5.41, 5.74) is 1.55. The molecule has 0 bridgehead atoms. The van der Waals surface area contributed by atoms with Crippen molar-refractivity contribution in [2.75, 3.05) is 37.4 Å². The molecule has 0 fully saturated rings. The van der Waals surface area contributed by atoms with E-state index in [0.717, 1.165) is 30.3 Å². The fraction of sp³-hybridized carbons (Fsp3) is 0.429. The second-order valence-corrected chi connectivity index (χ2v) is 6.50. The van der Waals surface area contributed by atoms with E-state index < -0.39 is 0 Å². The number of aromatic nitrogens is 2. The van der Waals surface area contributed by atoms with Gasteiger partial charge in [-0.2, -0.15) is 4.98 Å². The minimum atomic E-state index is 0.549. The minimum Gasteiger partial charge on any atom is -0.497 e. The fourth-order valence-corrected chi connectivity index (χ4v) is 3.03. The molecule has 2 N–H and O–H groups in total. The highest BCUT2D eigenvalue weighted by molar-refractivity contribution is 5.39. The van der Waals surface area contributed by atoms with Gasteiger partial charge in [-0.1, -0.05) is 11.6 Å². The van der Waals surface area contributed by atoms with Crippen molar-refractivity contribution >= 4 is 11.8 Å². The first kappa shape index (κ1) is 19.0. The molecule has 1 aromatic heterocycles. The summed E-state index contributed by atoms with van der Waals surface area (Å²) in [6.07, 6.45) is 10.3. The molecule has 6 nitrogen and oxygen atoms in total. The number of hydrogen-bond acceptors (Lipinski definition) is 6. The Morgan fingerprint density at radius 3 is 2.63 bits per heavy atom. The van der Waals surface area contributed by atoms with E-state index in [0.29, 0.717) is 19.1 Å². The zero-order valence-corrected chi connectivity index (χ0v) is 15.9. The van der Waals surface area contributed by atoms with Gasteiger partial charge in [0.05, 0.1) is 13.7 Å².